The zero-order valence-corrected chi connectivity index (χ0v) is 11.6. The average Bonchev–Trinajstić information content (AvgIpc) is 3.18. The maximum atomic E-state index is 11.1. The van der Waals surface area contributed by atoms with E-state index < -0.39 is 0 Å². The van der Waals surface area contributed by atoms with Crippen molar-refractivity contribution < 1.29 is 4.79 Å². The SMILES string of the molecule is CNC(=O)Nc1ccc(NCC2(SC)CC2)cc1. The molecule has 3 N–H and O–H groups in total. The summed E-state index contributed by atoms with van der Waals surface area (Å²) in [6, 6.07) is 7.57. The zero-order chi connectivity index (χ0) is 13.0. The van der Waals surface area contributed by atoms with Crippen LogP contribution in [0.3, 0.4) is 0 Å². The molecule has 0 heterocycles. The topological polar surface area (TPSA) is 53.2 Å². The highest BCUT2D eigenvalue weighted by Crippen LogP contribution is 2.47. The summed E-state index contributed by atoms with van der Waals surface area (Å²) in [7, 11) is 1.60. The number of hydrogen-bond acceptors (Lipinski definition) is 3. The molecule has 0 aromatic heterocycles. The molecule has 98 valence electrons. The molecule has 1 aromatic rings. The number of carbonyl (C=O) groups excluding carboxylic acids is 1. The fourth-order valence-corrected chi connectivity index (χ4v) is 2.45. The smallest absolute Gasteiger partial charge is 0.318 e. The minimum Gasteiger partial charge on any atom is -0.384 e. The van der Waals surface area contributed by atoms with Gasteiger partial charge in [-0.05, 0) is 43.4 Å². The molecule has 2 amide bonds. The minimum absolute atomic E-state index is 0.199. The Labute approximate surface area is 112 Å². The van der Waals surface area contributed by atoms with Gasteiger partial charge in [-0.2, -0.15) is 11.8 Å². The van der Waals surface area contributed by atoms with E-state index in [4.69, 9.17) is 0 Å². The Morgan fingerprint density at radius 2 is 1.89 bits per heavy atom. The van der Waals surface area contributed by atoms with E-state index >= 15 is 0 Å². The molecule has 0 saturated heterocycles. The lowest BCUT2D eigenvalue weighted by Gasteiger charge is -2.14. The van der Waals surface area contributed by atoms with Gasteiger partial charge in [0.15, 0.2) is 0 Å². The Morgan fingerprint density at radius 1 is 1.28 bits per heavy atom. The third-order valence-electron chi connectivity index (χ3n) is 3.23. The van der Waals surface area contributed by atoms with Crippen molar-refractivity contribution in [1.29, 1.82) is 0 Å². The second-order valence-electron chi connectivity index (χ2n) is 4.52. The van der Waals surface area contributed by atoms with Gasteiger partial charge < -0.3 is 16.0 Å². The van der Waals surface area contributed by atoms with Gasteiger partial charge in [-0.15, -0.1) is 0 Å². The molecule has 0 aliphatic heterocycles. The van der Waals surface area contributed by atoms with Crippen LogP contribution in [0.25, 0.3) is 0 Å². The lowest BCUT2D eigenvalue weighted by Crippen LogP contribution is -2.24. The Kier molecular flexibility index (Phi) is 4.01. The van der Waals surface area contributed by atoms with Crippen LogP contribution in [0, 0.1) is 0 Å². The van der Waals surface area contributed by atoms with E-state index in [2.05, 4.69) is 22.2 Å². The molecule has 1 fully saturated rings. The number of amides is 2. The summed E-state index contributed by atoms with van der Waals surface area (Å²) >= 11 is 1.94. The van der Waals surface area contributed by atoms with Crippen LogP contribution < -0.4 is 16.0 Å². The van der Waals surface area contributed by atoms with E-state index in [1.165, 1.54) is 12.8 Å². The first-order valence-electron chi connectivity index (χ1n) is 6.05. The lowest BCUT2D eigenvalue weighted by atomic mass is 10.2. The second kappa shape index (κ2) is 5.52. The summed E-state index contributed by atoms with van der Waals surface area (Å²) < 4.78 is 0.457. The summed E-state index contributed by atoms with van der Waals surface area (Å²) in [4.78, 5) is 11.1. The van der Waals surface area contributed by atoms with Gasteiger partial charge >= 0.3 is 6.03 Å². The molecule has 1 aliphatic rings. The number of nitrogens with one attached hydrogen (secondary N) is 3. The third-order valence-corrected chi connectivity index (χ3v) is 4.64. The van der Waals surface area contributed by atoms with Crippen molar-refractivity contribution in [3.05, 3.63) is 24.3 Å². The highest BCUT2D eigenvalue weighted by molar-refractivity contribution is 8.00. The van der Waals surface area contributed by atoms with Crippen molar-refractivity contribution in [2.24, 2.45) is 0 Å². The van der Waals surface area contributed by atoms with Gasteiger partial charge in [0.2, 0.25) is 0 Å². The Morgan fingerprint density at radius 3 is 2.39 bits per heavy atom. The predicted molar refractivity (Wildman–Crippen MR) is 78.5 cm³/mol. The standard InChI is InChI=1S/C13H19N3OS/c1-14-12(17)16-11-5-3-10(4-6-11)15-9-13(18-2)7-8-13/h3-6,15H,7-9H2,1-2H3,(H2,14,16,17). The fraction of sp³-hybridized carbons (Fsp3) is 0.462. The number of rotatable bonds is 5. The van der Waals surface area contributed by atoms with Crippen molar-refractivity contribution in [3.8, 4) is 0 Å². The number of urea groups is 1. The van der Waals surface area contributed by atoms with Crippen molar-refractivity contribution in [1.82, 2.24) is 5.32 Å². The average molecular weight is 265 g/mol. The normalized spacial score (nSPS) is 15.9. The molecule has 2 rings (SSSR count). The molecule has 1 aliphatic carbocycles. The maximum absolute atomic E-state index is 11.1. The number of anilines is 2. The molecule has 0 radical (unpaired) electrons. The lowest BCUT2D eigenvalue weighted by molar-refractivity contribution is 0.254. The third kappa shape index (κ3) is 3.32. The van der Waals surface area contributed by atoms with Crippen LogP contribution in [0.4, 0.5) is 16.2 Å². The van der Waals surface area contributed by atoms with Gasteiger partial charge in [0, 0.05) is 29.7 Å². The number of benzene rings is 1. The molecule has 4 nitrogen and oxygen atoms in total. The minimum atomic E-state index is -0.199. The number of carbonyl (C=O) groups is 1. The molecule has 0 bridgehead atoms. The van der Waals surface area contributed by atoms with Crippen molar-refractivity contribution in [2.75, 3.05) is 30.5 Å². The van der Waals surface area contributed by atoms with E-state index in [1.807, 2.05) is 36.0 Å². The molecule has 1 aromatic carbocycles. The van der Waals surface area contributed by atoms with Crippen molar-refractivity contribution in [2.45, 2.75) is 17.6 Å². The highest BCUT2D eigenvalue weighted by atomic mass is 32.2. The van der Waals surface area contributed by atoms with Gasteiger partial charge in [-0.1, -0.05) is 0 Å². The first-order valence-corrected chi connectivity index (χ1v) is 7.28. The maximum Gasteiger partial charge on any atom is 0.318 e. The van der Waals surface area contributed by atoms with Crippen LogP contribution in [0.2, 0.25) is 0 Å². The predicted octanol–water partition coefficient (Wildman–Crippen LogP) is 2.75. The summed E-state index contributed by atoms with van der Waals surface area (Å²) in [5.41, 5.74) is 1.89. The number of thioether (sulfide) groups is 1. The number of hydrogen-bond donors (Lipinski definition) is 3. The molecular weight excluding hydrogens is 246 g/mol. The molecule has 1 saturated carbocycles. The van der Waals surface area contributed by atoms with Crippen LogP contribution in [-0.2, 0) is 0 Å². The van der Waals surface area contributed by atoms with Gasteiger partial charge in [0.05, 0.1) is 0 Å². The van der Waals surface area contributed by atoms with Crippen LogP contribution in [-0.4, -0.2) is 30.6 Å². The van der Waals surface area contributed by atoms with Crippen LogP contribution in [0.5, 0.6) is 0 Å². The summed E-state index contributed by atoms with van der Waals surface area (Å²) in [6.45, 7) is 1.01. The Hall–Kier alpha value is -1.36. The van der Waals surface area contributed by atoms with E-state index in [0.717, 1.165) is 17.9 Å². The first-order chi connectivity index (χ1) is 8.67. The van der Waals surface area contributed by atoms with Crippen LogP contribution in [0.15, 0.2) is 24.3 Å². The Balaban J connectivity index is 1.85. The van der Waals surface area contributed by atoms with E-state index in [1.54, 1.807) is 7.05 Å². The van der Waals surface area contributed by atoms with Crippen LogP contribution >= 0.6 is 11.8 Å². The summed E-state index contributed by atoms with van der Waals surface area (Å²) in [6.07, 6.45) is 4.78. The summed E-state index contributed by atoms with van der Waals surface area (Å²) in [5, 5.41) is 8.70. The monoisotopic (exact) mass is 265 g/mol. The molecule has 5 heteroatoms. The fourth-order valence-electron chi connectivity index (χ4n) is 1.72. The van der Waals surface area contributed by atoms with Crippen LogP contribution in [0.1, 0.15) is 12.8 Å². The largest absolute Gasteiger partial charge is 0.384 e. The molecular formula is C13H19N3OS. The van der Waals surface area contributed by atoms with E-state index in [-0.39, 0.29) is 6.03 Å². The zero-order valence-electron chi connectivity index (χ0n) is 10.7. The highest BCUT2D eigenvalue weighted by Gasteiger charge is 2.41. The Bertz CT molecular complexity index is 415. The van der Waals surface area contributed by atoms with Gasteiger partial charge in [0.25, 0.3) is 0 Å². The molecule has 18 heavy (non-hydrogen) atoms. The van der Waals surface area contributed by atoms with Crippen molar-refractivity contribution >= 4 is 29.2 Å². The summed E-state index contributed by atoms with van der Waals surface area (Å²) in [5.74, 6) is 0. The molecule has 0 unspecified atom stereocenters. The van der Waals surface area contributed by atoms with Gasteiger partial charge in [0.1, 0.15) is 0 Å². The van der Waals surface area contributed by atoms with Gasteiger partial charge in [-0.3, -0.25) is 0 Å². The molecule has 0 spiro atoms. The quantitative estimate of drug-likeness (QED) is 0.767. The van der Waals surface area contributed by atoms with Gasteiger partial charge in [-0.25, -0.2) is 4.79 Å². The van der Waals surface area contributed by atoms with Crippen molar-refractivity contribution in [3.63, 3.8) is 0 Å². The second-order valence-corrected chi connectivity index (χ2v) is 5.80. The first kappa shape index (κ1) is 13.1. The molecule has 0 atom stereocenters. The van der Waals surface area contributed by atoms with E-state index in [0.29, 0.717) is 4.75 Å². The van der Waals surface area contributed by atoms with E-state index in [9.17, 15) is 4.79 Å².